The average Bonchev–Trinajstić information content (AvgIpc) is 2.40. The first-order chi connectivity index (χ1) is 8.52. The summed E-state index contributed by atoms with van der Waals surface area (Å²) in [5, 5.41) is 14.5. The zero-order valence-electron chi connectivity index (χ0n) is 11.5. The molecule has 0 aromatic carbocycles. The van der Waals surface area contributed by atoms with E-state index in [1.807, 2.05) is 18.7 Å². The van der Waals surface area contributed by atoms with Gasteiger partial charge in [-0.25, -0.2) is 0 Å². The molecule has 106 valence electrons. The van der Waals surface area contributed by atoms with Gasteiger partial charge in [0.1, 0.15) is 5.41 Å². The van der Waals surface area contributed by atoms with Gasteiger partial charge < -0.3 is 16.3 Å². The Morgan fingerprint density at radius 2 is 2.11 bits per heavy atom. The van der Waals surface area contributed by atoms with Gasteiger partial charge in [-0.3, -0.25) is 4.79 Å². The third-order valence-corrected chi connectivity index (χ3v) is 3.89. The fraction of sp³-hybridized carbons (Fsp3) is 0.833. The molecule has 1 amide bonds. The standard InChI is InChI=1S/C12H25N3O2S/c1-4-12(2,10(13)15-17)11(16)14-8-6-5-7-9-18-3/h17H,4-9H2,1-3H3,(H2,13,15)(H,14,16). The number of hydrogen-bond acceptors (Lipinski definition) is 4. The normalized spacial score (nSPS) is 15.2. The highest BCUT2D eigenvalue weighted by atomic mass is 32.2. The van der Waals surface area contributed by atoms with E-state index in [0.29, 0.717) is 13.0 Å². The number of nitrogens with one attached hydrogen (secondary N) is 1. The molecule has 5 nitrogen and oxygen atoms in total. The molecule has 0 aromatic heterocycles. The topological polar surface area (TPSA) is 87.7 Å². The van der Waals surface area contributed by atoms with Crippen LogP contribution >= 0.6 is 11.8 Å². The highest BCUT2D eigenvalue weighted by Gasteiger charge is 2.35. The molecule has 0 aliphatic rings. The van der Waals surface area contributed by atoms with E-state index in [0.717, 1.165) is 18.6 Å². The number of unbranched alkanes of at least 4 members (excludes halogenated alkanes) is 2. The smallest absolute Gasteiger partial charge is 0.233 e. The number of nitrogens with zero attached hydrogens (tertiary/aromatic N) is 1. The van der Waals surface area contributed by atoms with Gasteiger partial charge in [-0.15, -0.1) is 0 Å². The van der Waals surface area contributed by atoms with Gasteiger partial charge in [-0.2, -0.15) is 11.8 Å². The maximum atomic E-state index is 12.0. The van der Waals surface area contributed by atoms with Crippen LogP contribution in [0.15, 0.2) is 5.16 Å². The molecule has 0 spiro atoms. The zero-order valence-corrected chi connectivity index (χ0v) is 12.3. The van der Waals surface area contributed by atoms with E-state index >= 15 is 0 Å². The molecule has 0 radical (unpaired) electrons. The molecule has 0 fully saturated rings. The summed E-state index contributed by atoms with van der Waals surface area (Å²) in [4.78, 5) is 12.0. The number of amidine groups is 1. The molecular formula is C12H25N3O2S. The molecule has 4 N–H and O–H groups in total. The molecule has 0 saturated heterocycles. The van der Waals surface area contributed by atoms with Crippen LogP contribution in [0.1, 0.15) is 39.5 Å². The van der Waals surface area contributed by atoms with Crippen molar-refractivity contribution in [1.29, 1.82) is 0 Å². The van der Waals surface area contributed by atoms with E-state index in [2.05, 4.69) is 16.7 Å². The molecule has 0 aliphatic heterocycles. The largest absolute Gasteiger partial charge is 0.409 e. The van der Waals surface area contributed by atoms with Gasteiger partial charge in [0.25, 0.3) is 0 Å². The molecule has 0 heterocycles. The second-order valence-corrected chi connectivity index (χ2v) is 5.47. The lowest BCUT2D eigenvalue weighted by atomic mass is 9.85. The van der Waals surface area contributed by atoms with E-state index < -0.39 is 5.41 Å². The highest BCUT2D eigenvalue weighted by Crippen LogP contribution is 2.21. The minimum atomic E-state index is -0.923. The number of oxime groups is 1. The van der Waals surface area contributed by atoms with Crippen molar-refractivity contribution in [3.05, 3.63) is 0 Å². The van der Waals surface area contributed by atoms with Crippen molar-refractivity contribution in [3.63, 3.8) is 0 Å². The van der Waals surface area contributed by atoms with Crippen LogP contribution < -0.4 is 11.1 Å². The van der Waals surface area contributed by atoms with Crippen molar-refractivity contribution >= 4 is 23.5 Å². The first-order valence-electron chi connectivity index (χ1n) is 6.28. The Kier molecular flexibility index (Phi) is 8.62. The van der Waals surface area contributed by atoms with Gasteiger partial charge in [0.15, 0.2) is 5.84 Å². The van der Waals surface area contributed by atoms with Crippen molar-refractivity contribution in [3.8, 4) is 0 Å². The molecule has 0 aliphatic carbocycles. The van der Waals surface area contributed by atoms with Gasteiger partial charge in [-0.05, 0) is 38.2 Å². The van der Waals surface area contributed by atoms with Crippen LogP contribution in [0, 0.1) is 5.41 Å². The number of carbonyl (C=O) groups is 1. The van der Waals surface area contributed by atoms with Gasteiger partial charge in [0.05, 0.1) is 0 Å². The van der Waals surface area contributed by atoms with E-state index in [4.69, 9.17) is 10.9 Å². The molecule has 1 unspecified atom stereocenters. The maximum absolute atomic E-state index is 12.0. The fourth-order valence-electron chi connectivity index (χ4n) is 1.51. The van der Waals surface area contributed by atoms with E-state index in [-0.39, 0.29) is 11.7 Å². The molecule has 0 aromatic rings. The Bertz CT molecular complexity index is 284. The van der Waals surface area contributed by atoms with Crippen LogP contribution in [0.2, 0.25) is 0 Å². The third kappa shape index (κ3) is 5.16. The van der Waals surface area contributed by atoms with Crippen molar-refractivity contribution in [2.45, 2.75) is 39.5 Å². The Hall–Kier alpha value is -0.910. The van der Waals surface area contributed by atoms with Crippen molar-refractivity contribution < 1.29 is 10.0 Å². The number of nitrogens with two attached hydrogens (primary N) is 1. The number of hydrogen-bond donors (Lipinski definition) is 3. The summed E-state index contributed by atoms with van der Waals surface area (Å²) in [6.07, 6.45) is 5.82. The summed E-state index contributed by atoms with van der Waals surface area (Å²) in [6.45, 7) is 4.17. The van der Waals surface area contributed by atoms with Gasteiger partial charge in [-0.1, -0.05) is 18.5 Å². The summed E-state index contributed by atoms with van der Waals surface area (Å²) < 4.78 is 0. The Labute approximate surface area is 114 Å². The SMILES string of the molecule is CCC(C)(C(=O)NCCCCCSC)C(N)=NO. The van der Waals surface area contributed by atoms with E-state index in [9.17, 15) is 4.79 Å². The highest BCUT2D eigenvalue weighted by molar-refractivity contribution is 7.98. The van der Waals surface area contributed by atoms with Crippen LogP contribution in [0.25, 0.3) is 0 Å². The molecule has 0 rings (SSSR count). The minimum absolute atomic E-state index is 0.0371. The number of rotatable bonds is 9. The summed E-state index contributed by atoms with van der Waals surface area (Å²) in [5.74, 6) is 0.945. The number of thioether (sulfide) groups is 1. The molecular weight excluding hydrogens is 250 g/mol. The lowest BCUT2D eigenvalue weighted by molar-refractivity contribution is -0.127. The Morgan fingerprint density at radius 3 is 2.61 bits per heavy atom. The lowest BCUT2D eigenvalue weighted by Crippen LogP contribution is -2.47. The van der Waals surface area contributed by atoms with Crippen LogP contribution in [0.4, 0.5) is 0 Å². The zero-order chi connectivity index (χ0) is 14.0. The third-order valence-electron chi connectivity index (χ3n) is 3.19. The molecule has 0 bridgehead atoms. The van der Waals surface area contributed by atoms with Crippen LogP contribution in [-0.2, 0) is 4.79 Å². The van der Waals surface area contributed by atoms with Crippen molar-refractivity contribution in [2.24, 2.45) is 16.3 Å². The quantitative estimate of drug-likeness (QED) is 0.197. The fourth-order valence-corrected chi connectivity index (χ4v) is 2.01. The minimum Gasteiger partial charge on any atom is -0.409 e. The predicted octanol–water partition coefficient (Wildman–Crippen LogP) is 1.80. The summed E-state index contributed by atoms with van der Waals surface area (Å²) >= 11 is 1.83. The summed E-state index contributed by atoms with van der Waals surface area (Å²) in [6, 6.07) is 0. The van der Waals surface area contributed by atoms with Crippen LogP contribution in [-0.4, -0.2) is 35.5 Å². The Morgan fingerprint density at radius 1 is 1.44 bits per heavy atom. The molecule has 6 heteroatoms. The predicted molar refractivity (Wildman–Crippen MR) is 77.0 cm³/mol. The lowest BCUT2D eigenvalue weighted by Gasteiger charge is -2.25. The number of amides is 1. The summed E-state index contributed by atoms with van der Waals surface area (Å²) in [7, 11) is 0. The first kappa shape index (κ1) is 17.1. The monoisotopic (exact) mass is 275 g/mol. The molecule has 18 heavy (non-hydrogen) atoms. The maximum Gasteiger partial charge on any atom is 0.233 e. The van der Waals surface area contributed by atoms with Gasteiger partial charge in [0.2, 0.25) is 5.91 Å². The van der Waals surface area contributed by atoms with Crippen molar-refractivity contribution in [2.75, 3.05) is 18.6 Å². The van der Waals surface area contributed by atoms with E-state index in [1.54, 1.807) is 6.92 Å². The second kappa shape index (κ2) is 9.08. The van der Waals surface area contributed by atoms with Gasteiger partial charge in [0, 0.05) is 6.54 Å². The Balaban J connectivity index is 4.07. The number of carbonyl (C=O) groups excluding carboxylic acids is 1. The first-order valence-corrected chi connectivity index (χ1v) is 7.67. The second-order valence-electron chi connectivity index (χ2n) is 4.48. The molecule has 0 saturated carbocycles. The molecule has 1 atom stereocenters. The summed E-state index contributed by atoms with van der Waals surface area (Å²) in [5.41, 5.74) is 4.65. The average molecular weight is 275 g/mol. The van der Waals surface area contributed by atoms with Crippen LogP contribution in [0.3, 0.4) is 0 Å². The van der Waals surface area contributed by atoms with E-state index in [1.165, 1.54) is 6.42 Å². The van der Waals surface area contributed by atoms with Gasteiger partial charge >= 0.3 is 0 Å². The van der Waals surface area contributed by atoms with Crippen molar-refractivity contribution in [1.82, 2.24) is 5.32 Å². The van der Waals surface area contributed by atoms with Crippen LogP contribution in [0.5, 0.6) is 0 Å².